The maximum Gasteiger partial charge on any atom is 0.0960 e. The maximum atomic E-state index is 4.41. The molecule has 2 aromatic rings. The summed E-state index contributed by atoms with van der Waals surface area (Å²) in [5.41, 5.74) is 3.19. The highest BCUT2D eigenvalue weighted by molar-refractivity contribution is 9.09. The lowest BCUT2D eigenvalue weighted by Gasteiger charge is -2.00. The first-order chi connectivity index (χ1) is 8.10. The Morgan fingerprint density at radius 1 is 1.47 bits per heavy atom. The largest absolute Gasteiger partial charge is 0.270 e. The molecule has 0 aromatic carbocycles. The molecule has 2 rings (SSSR count). The molecule has 17 heavy (non-hydrogen) atoms. The van der Waals surface area contributed by atoms with Gasteiger partial charge in [0.25, 0.3) is 0 Å². The second-order valence-corrected chi connectivity index (χ2v) is 5.43. The number of halogens is 1. The van der Waals surface area contributed by atoms with E-state index in [1.165, 1.54) is 0 Å². The molecule has 0 aliphatic heterocycles. The van der Waals surface area contributed by atoms with E-state index in [1.807, 2.05) is 29.5 Å². The molecule has 0 aliphatic carbocycles. The number of aryl methyl sites for hydroxylation is 2. The second kappa shape index (κ2) is 5.00. The van der Waals surface area contributed by atoms with Gasteiger partial charge < -0.3 is 0 Å². The molecule has 0 N–H and O–H groups in total. The van der Waals surface area contributed by atoms with Gasteiger partial charge in [0.15, 0.2) is 0 Å². The molecule has 0 radical (unpaired) electrons. The van der Waals surface area contributed by atoms with Crippen LogP contribution in [0.4, 0.5) is 0 Å². The van der Waals surface area contributed by atoms with E-state index >= 15 is 0 Å². The van der Waals surface area contributed by atoms with Crippen molar-refractivity contribution in [3.8, 4) is 0 Å². The first-order valence-corrected chi connectivity index (χ1v) is 6.57. The molecule has 0 amide bonds. The number of rotatable bonds is 4. The first kappa shape index (κ1) is 12.3. The zero-order chi connectivity index (χ0) is 12.4. The van der Waals surface area contributed by atoms with Crippen LogP contribution >= 0.6 is 15.9 Å². The minimum absolute atomic E-state index is 0.231. The molecule has 0 spiro atoms. The molecule has 5 nitrogen and oxygen atoms in total. The number of nitrogens with zero attached hydrogens (tertiary/aromatic N) is 5. The van der Waals surface area contributed by atoms with Gasteiger partial charge in [0.05, 0.1) is 34.7 Å². The van der Waals surface area contributed by atoms with Crippen LogP contribution in [0.3, 0.4) is 0 Å². The van der Waals surface area contributed by atoms with Crippen molar-refractivity contribution in [1.82, 2.24) is 24.8 Å². The Labute approximate surface area is 109 Å². The van der Waals surface area contributed by atoms with E-state index in [-0.39, 0.29) is 4.83 Å². The summed E-state index contributed by atoms with van der Waals surface area (Å²) >= 11 is 3.48. The fourth-order valence-electron chi connectivity index (χ4n) is 1.63. The average molecular weight is 298 g/mol. The molecule has 0 fully saturated rings. The Balaban J connectivity index is 2.16. The first-order valence-electron chi connectivity index (χ1n) is 5.66. The highest BCUT2D eigenvalue weighted by atomic mass is 79.9. The topological polar surface area (TPSA) is 48.5 Å². The number of hydrogen-bond acceptors (Lipinski definition) is 3. The molecule has 1 unspecified atom stereocenters. The molecule has 1 atom stereocenters. The predicted molar refractivity (Wildman–Crippen MR) is 69.1 cm³/mol. The Morgan fingerprint density at radius 3 is 2.76 bits per heavy atom. The van der Waals surface area contributed by atoms with Crippen molar-refractivity contribution in [3.63, 3.8) is 0 Å². The molecule has 0 saturated carbocycles. The van der Waals surface area contributed by atoms with E-state index in [1.54, 1.807) is 0 Å². The normalized spacial score (nSPS) is 12.9. The molecular weight excluding hydrogens is 282 g/mol. The third-order valence-corrected chi connectivity index (χ3v) is 3.15. The minimum atomic E-state index is 0.231. The van der Waals surface area contributed by atoms with Gasteiger partial charge in [-0.15, -0.1) is 5.10 Å². The third kappa shape index (κ3) is 2.74. The van der Waals surface area contributed by atoms with Gasteiger partial charge in [0, 0.05) is 7.05 Å². The van der Waals surface area contributed by atoms with Crippen LogP contribution in [0.1, 0.15) is 35.8 Å². The number of aromatic nitrogens is 5. The Kier molecular flexibility index (Phi) is 3.61. The van der Waals surface area contributed by atoms with Crippen molar-refractivity contribution in [2.75, 3.05) is 0 Å². The molecule has 2 heterocycles. The van der Waals surface area contributed by atoms with Crippen LogP contribution in [-0.4, -0.2) is 24.8 Å². The van der Waals surface area contributed by atoms with E-state index in [9.17, 15) is 0 Å². The van der Waals surface area contributed by atoms with Gasteiger partial charge in [-0.2, -0.15) is 5.10 Å². The molecular formula is C11H16BrN5. The van der Waals surface area contributed by atoms with Crippen LogP contribution in [0.5, 0.6) is 0 Å². The van der Waals surface area contributed by atoms with Crippen molar-refractivity contribution < 1.29 is 0 Å². The van der Waals surface area contributed by atoms with Crippen LogP contribution in [0, 0.1) is 0 Å². The van der Waals surface area contributed by atoms with Gasteiger partial charge in [-0.25, -0.2) is 4.68 Å². The summed E-state index contributed by atoms with van der Waals surface area (Å²) in [5, 5.41) is 12.6. The lowest BCUT2D eigenvalue weighted by molar-refractivity contribution is 0.598. The minimum Gasteiger partial charge on any atom is -0.270 e. The molecule has 0 bridgehead atoms. The summed E-state index contributed by atoms with van der Waals surface area (Å²) in [5.74, 6) is 0. The SMILES string of the molecule is CCc1cc(Cn2cc(C(C)Br)nn2)n(C)n1. The van der Waals surface area contributed by atoms with Gasteiger partial charge in [0.2, 0.25) is 0 Å². The van der Waals surface area contributed by atoms with E-state index in [2.05, 4.69) is 44.3 Å². The van der Waals surface area contributed by atoms with Crippen LogP contribution in [0.2, 0.25) is 0 Å². The van der Waals surface area contributed by atoms with Crippen LogP contribution in [0.25, 0.3) is 0 Å². The second-order valence-electron chi connectivity index (χ2n) is 4.06. The third-order valence-electron chi connectivity index (χ3n) is 2.68. The Morgan fingerprint density at radius 2 is 2.24 bits per heavy atom. The zero-order valence-corrected chi connectivity index (χ0v) is 11.8. The van der Waals surface area contributed by atoms with Crippen molar-refractivity contribution in [1.29, 1.82) is 0 Å². The molecule has 0 aliphatic rings. The Hall–Kier alpha value is -1.17. The molecule has 92 valence electrons. The maximum absolute atomic E-state index is 4.41. The zero-order valence-electron chi connectivity index (χ0n) is 10.3. The standard InChI is InChI=1S/C11H16BrN5/c1-4-9-5-10(16(3)14-9)6-17-7-11(8(2)12)13-15-17/h5,7-8H,4,6H2,1-3H3. The highest BCUT2D eigenvalue weighted by Gasteiger charge is 2.09. The van der Waals surface area contributed by atoms with E-state index in [4.69, 9.17) is 0 Å². The lowest BCUT2D eigenvalue weighted by Crippen LogP contribution is -2.06. The van der Waals surface area contributed by atoms with Gasteiger partial charge in [0.1, 0.15) is 0 Å². The molecule has 0 saturated heterocycles. The van der Waals surface area contributed by atoms with Crippen molar-refractivity contribution in [2.45, 2.75) is 31.6 Å². The summed E-state index contributed by atoms with van der Waals surface area (Å²) in [6, 6.07) is 2.11. The summed E-state index contributed by atoms with van der Waals surface area (Å²) in [7, 11) is 1.96. The number of hydrogen-bond donors (Lipinski definition) is 0. The Bertz CT molecular complexity index is 500. The monoisotopic (exact) mass is 297 g/mol. The average Bonchev–Trinajstić information content (AvgIpc) is 2.87. The van der Waals surface area contributed by atoms with E-state index in [0.717, 1.165) is 23.5 Å². The summed E-state index contributed by atoms with van der Waals surface area (Å²) in [4.78, 5) is 0.231. The fraction of sp³-hybridized carbons (Fsp3) is 0.545. The van der Waals surface area contributed by atoms with Gasteiger partial charge in [-0.05, 0) is 19.4 Å². The van der Waals surface area contributed by atoms with Crippen molar-refractivity contribution >= 4 is 15.9 Å². The number of alkyl halides is 1. The van der Waals surface area contributed by atoms with Gasteiger partial charge in [-0.3, -0.25) is 4.68 Å². The van der Waals surface area contributed by atoms with Gasteiger partial charge in [-0.1, -0.05) is 28.1 Å². The van der Waals surface area contributed by atoms with Crippen LogP contribution < -0.4 is 0 Å². The van der Waals surface area contributed by atoms with E-state index in [0.29, 0.717) is 6.54 Å². The molecule has 2 aromatic heterocycles. The van der Waals surface area contributed by atoms with E-state index < -0.39 is 0 Å². The quantitative estimate of drug-likeness (QED) is 0.812. The lowest BCUT2D eigenvalue weighted by atomic mass is 10.3. The highest BCUT2D eigenvalue weighted by Crippen LogP contribution is 2.18. The van der Waals surface area contributed by atoms with Crippen LogP contribution in [-0.2, 0) is 20.0 Å². The molecule has 6 heteroatoms. The summed E-state index contributed by atoms with van der Waals surface area (Å²) in [6.45, 7) is 4.84. The van der Waals surface area contributed by atoms with Gasteiger partial charge >= 0.3 is 0 Å². The fourth-order valence-corrected chi connectivity index (χ4v) is 1.84. The predicted octanol–water partition coefficient (Wildman–Crippen LogP) is 2.08. The summed E-state index contributed by atoms with van der Waals surface area (Å²) in [6.07, 6.45) is 2.91. The van der Waals surface area contributed by atoms with Crippen LogP contribution in [0.15, 0.2) is 12.3 Å². The van der Waals surface area contributed by atoms with Crippen molar-refractivity contribution in [3.05, 3.63) is 29.3 Å². The smallest absolute Gasteiger partial charge is 0.0960 e. The van der Waals surface area contributed by atoms with Crippen molar-refractivity contribution in [2.24, 2.45) is 7.05 Å². The summed E-state index contributed by atoms with van der Waals surface area (Å²) < 4.78 is 3.74.